The number of nitrogens with one attached hydrogen (secondary N) is 1. The molecule has 3 atom stereocenters. The molecule has 0 amide bonds. The van der Waals surface area contributed by atoms with E-state index in [-0.39, 0.29) is 29.8 Å². The van der Waals surface area contributed by atoms with Gasteiger partial charge in [0.15, 0.2) is 0 Å². The van der Waals surface area contributed by atoms with Crippen molar-refractivity contribution in [2.75, 3.05) is 0 Å². The van der Waals surface area contributed by atoms with Gasteiger partial charge in [-0.05, 0) is 38.0 Å². The van der Waals surface area contributed by atoms with Crippen LogP contribution in [0.25, 0.3) is 0 Å². The summed E-state index contributed by atoms with van der Waals surface area (Å²) in [6.45, 7) is 1.87. The van der Waals surface area contributed by atoms with E-state index < -0.39 is 0 Å². The Morgan fingerprint density at radius 2 is 2.06 bits per heavy atom. The standard InChI is InChI=1S/C14H20FNO2/c1-9(11-8-10(15)6-7-13(11)17)16-12-4-2-3-5-14(12)18/h6-9,12,14,16-18H,2-5H2,1H3. The second-order valence-electron chi connectivity index (χ2n) is 5.05. The van der Waals surface area contributed by atoms with E-state index in [4.69, 9.17) is 0 Å². The Bertz CT molecular complexity index is 411. The quantitative estimate of drug-likeness (QED) is 0.775. The van der Waals surface area contributed by atoms with Crippen molar-refractivity contribution < 1.29 is 14.6 Å². The van der Waals surface area contributed by atoms with Gasteiger partial charge in [0.05, 0.1) is 6.10 Å². The van der Waals surface area contributed by atoms with Crippen molar-refractivity contribution in [2.45, 2.75) is 50.8 Å². The SMILES string of the molecule is CC(NC1CCCCC1O)c1cc(F)ccc1O. The lowest BCUT2D eigenvalue weighted by atomic mass is 9.91. The fraction of sp³-hybridized carbons (Fsp3) is 0.571. The van der Waals surface area contributed by atoms with Gasteiger partial charge in [0.1, 0.15) is 11.6 Å². The van der Waals surface area contributed by atoms with Gasteiger partial charge in [0.2, 0.25) is 0 Å². The highest BCUT2D eigenvalue weighted by atomic mass is 19.1. The molecular formula is C14H20FNO2. The predicted octanol–water partition coefficient (Wildman–Crippen LogP) is 2.49. The molecule has 4 heteroatoms. The highest BCUT2D eigenvalue weighted by Gasteiger charge is 2.25. The summed E-state index contributed by atoms with van der Waals surface area (Å²) in [5.74, 6) is -0.276. The number of halogens is 1. The van der Waals surface area contributed by atoms with Gasteiger partial charge in [-0.25, -0.2) is 4.39 Å². The topological polar surface area (TPSA) is 52.5 Å². The van der Waals surface area contributed by atoms with Crippen molar-refractivity contribution in [3.8, 4) is 5.75 Å². The molecule has 0 aromatic heterocycles. The number of aliphatic hydroxyl groups excluding tert-OH is 1. The highest BCUT2D eigenvalue weighted by molar-refractivity contribution is 5.34. The zero-order chi connectivity index (χ0) is 13.1. The molecule has 0 heterocycles. The molecule has 1 aromatic carbocycles. The van der Waals surface area contributed by atoms with E-state index in [9.17, 15) is 14.6 Å². The second kappa shape index (κ2) is 5.67. The maximum absolute atomic E-state index is 13.2. The van der Waals surface area contributed by atoms with E-state index in [0.29, 0.717) is 5.56 Å². The van der Waals surface area contributed by atoms with Gasteiger partial charge in [0, 0.05) is 17.6 Å². The summed E-state index contributed by atoms with van der Waals surface area (Å²) in [7, 11) is 0. The Morgan fingerprint density at radius 1 is 1.33 bits per heavy atom. The second-order valence-corrected chi connectivity index (χ2v) is 5.05. The first kappa shape index (κ1) is 13.3. The average molecular weight is 253 g/mol. The minimum absolute atomic E-state index is 0.0245. The first-order valence-corrected chi connectivity index (χ1v) is 6.50. The van der Waals surface area contributed by atoms with Crippen LogP contribution in [0.3, 0.4) is 0 Å². The number of hydrogen-bond donors (Lipinski definition) is 3. The molecule has 3 unspecified atom stereocenters. The summed E-state index contributed by atoms with van der Waals surface area (Å²) in [5, 5.41) is 22.9. The maximum atomic E-state index is 13.2. The van der Waals surface area contributed by atoms with Gasteiger partial charge >= 0.3 is 0 Å². The molecule has 0 spiro atoms. The summed E-state index contributed by atoms with van der Waals surface area (Å²) >= 11 is 0. The van der Waals surface area contributed by atoms with Crippen LogP contribution in [0.4, 0.5) is 4.39 Å². The molecule has 18 heavy (non-hydrogen) atoms. The average Bonchev–Trinajstić information content (AvgIpc) is 2.35. The molecule has 1 aliphatic carbocycles. The van der Waals surface area contributed by atoms with Crippen LogP contribution in [-0.4, -0.2) is 22.4 Å². The fourth-order valence-electron chi connectivity index (χ4n) is 2.59. The van der Waals surface area contributed by atoms with E-state index in [1.165, 1.54) is 18.2 Å². The Morgan fingerprint density at radius 3 is 2.78 bits per heavy atom. The summed E-state index contributed by atoms with van der Waals surface area (Å²) in [4.78, 5) is 0. The third kappa shape index (κ3) is 3.00. The monoisotopic (exact) mass is 253 g/mol. The minimum Gasteiger partial charge on any atom is -0.508 e. The van der Waals surface area contributed by atoms with Crippen LogP contribution >= 0.6 is 0 Å². The highest BCUT2D eigenvalue weighted by Crippen LogP contribution is 2.27. The molecule has 0 saturated heterocycles. The largest absolute Gasteiger partial charge is 0.508 e. The lowest BCUT2D eigenvalue weighted by Crippen LogP contribution is -2.43. The molecule has 1 fully saturated rings. The van der Waals surface area contributed by atoms with Crippen LogP contribution in [-0.2, 0) is 0 Å². The molecule has 3 nitrogen and oxygen atoms in total. The molecule has 0 radical (unpaired) electrons. The molecule has 0 aliphatic heterocycles. The Kier molecular flexibility index (Phi) is 4.19. The predicted molar refractivity (Wildman–Crippen MR) is 67.9 cm³/mol. The van der Waals surface area contributed by atoms with Gasteiger partial charge in [-0.15, -0.1) is 0 Å². The van der Waals surface area contributed by atoms with Crippen molar-refractivity contribution in [2.24, 2.45) is 0 Å². The van der Waals surface area contributed by atoms with Crippen LogP contribution in [0, 0.1) is 5.82 Å². The van der Waals surface area contributed by atoms with E-state index in [1.807, 2.05) is 6.92 Å². The smallest absolute Gasteiger partial charge is 0.123 e. The zero-order valence-corrected chi connectivity index (χ0v) is 10.6. The van der Waals surface area contributed by atoms with Crippen molar-refractivity contribution in [1.29, 1.82) is 0 Å². The number of phenols is 1. The molecule has 1 aromatic rings. The molecule has 1 aliphatic rings. The lowest BCUT2D eigenvalue weighted by molar-refractivity contribution is 0.0858. The van der Waals surface area contributed by atoms with Gasteiger partial charge in [-0.1, -0.05) is 12.8 Å². The van der Waals surface area contributed by atoms with Gasteiger partial charge < -0.3 is 15.5 Å². The molecule has 2 rings (SSSR count). The van der Waals surface area contributed by atoms with Crippen molar-refractivity contribution in [3.63, 3.8) is 0 Å². The third-order valence-electron chi connectivity index (χ3n) is 3.65. The van der Waals surface area contributed by atoms with Gasteiger partial charge in [-0.2, -0.15) is 0 Å². The van der Waals surface area contributed by atoms with Crippen LogP contribution in [0.2, 0.25) is 0 Å². The van der Waals surface area contributed by atoms with E-state index in [0.717, 1.165) is 25.7 Å². The van der Waals surface area contributed by atoms with Crippen molar-refractivity contribution in [3.05, 3.63) is 29.6 Å². The van der Waals surface area contributed by atoms with Gasteiger partial charge in [-0.3, -0.25) is 0 Å². The normalized spacial score (nSPS) is 25.9. The van der Waals surface area contributed by atoms with Gasteiger partial charge in [0.25, 0.3) is 0 Å². The van der Waals surface area contributed by atoms with E-state index >= 15 is 0 Å². The fourth-order valence-corrected chi connectivity index (χ4v) is 2.59. The summed E-state index contributed by atoms with van der Waals surface area (Å²) in [6, 6.07) is 3.78. The molecule has 3 N–H and O–H groups in total. The number of hydrogen-bond acceptors (Lipinski definition) is 3. The Labute approximate surface area is 107 Å². The van der Waals surface area contributed by atoms with Crippen molar-refractivity contribution >= 4 is 0 Å². The summed E-state index contributed by atoms with van der Waals surface area (Å²) in [5.41, 5.74) is 0.535. The molecule has 100 valence electrons. The van der Waals surface area contributed by atoms with Crippen LogP contribution in [0.5, 0.6) is 5.75 Å². The number of rotatable bonds is 3. The van der Waals surface area contributed by atoms with E-state index in [1.54, 1.807) is 0 Å². The van der Waals surface area contributed by atoms with Crippen LogP contribution < -0.4 is 5.32 Å². The van der Waals surface area contributed by atoms with Crippen LogP contribution in [0.15, 0.2) is 18.2 Å². The molecule has 1 saturated carbocycles. The Hall–Kier alpha value is -1.13. The molecule has 0 bridgehead atoms. The first-order valence-electron chi connectivity index (χ1n) is 6.50. The maximum Gasteiger partial charge on any atom is 0.123 e. The summed E-state index contributed by atoms with van der Waals surface area (Å²) in [6.07, 6.45) is 3.52. The number of phenolic OH excluding ortho intramolecular Hbond substituents is 1. The van der Waals surface area contributed by atoms with E-state index in [2.05, 4.69) is 5.32 Å². The number of aromatic hydroxyl groups is 1. The number of aliphatic hydroxyl groups is 1. The van der Waals surface area contributed by atoms with Crippen LogP contribution in [0.1, 0.15) is 44.2 Å². The first-order chi connectivity index (χ1) is 8.58. The zero-order valence-electron chi connectivity index (χ0n) is 10.6. The number of benzene rings is 1. The lowest BCUT2D eigenvalue weighted by Gasteiger charge is -2.31. The Balaban J connectivity index is 2.06. The molecular weight excluding hydrogens is 233 g/mol. The summed E-state index contributed by atoms with van der Waals surface area (Å²) < 4.78 is 13.2. The minimum atomic E-state index is -0.361. The third-order valence-corrected chi connectivity index (χ3v) is 3.65. The van der Waals surface area contributed by atoms with Crippen molar-refractivity contribution in [1.82, 2.24) is 5.32 Å².